The van der Waals surface area contributed by atoms with E-state index < -0.39 is 5.97 Å². The molecule has 3 heterocycles. The van der Waals surface area contributed by atoms with Crippen molar-refractivity contribution >= 4 is 5.97 Å². The number of aromatic nitrogens is 1. The minimum Gasteiger partial charge on any atom is -0.480 e. The van der Waals surface area contributed by atoms with Crippen LogP contribution in [0.5, 0.6) is 0 Å². The van der Waals surface area contributed by atoms with Crippen LogP contribution in [0.4, 0.5) is 0 Å². The Labute approximate surface area is 124 Å². The molecule has 2 aliphatic heterocycles. The number of aryl methyl sites for hydroxylation is 1. The lowest BCUT2D eigenvalue weighted by Gasteiger charge is -2.38. The van der Waals surface area contributed by atoms with E-state index in [1.54, 1.807) is 0 Å². The predicted molar refractivity (Wildman–Crippen MR) is 76.9 cm³/mol. The van der Waals surface area contributed by atoms with Crippen molar-refractivity contribution in [1.82, 2.24) is 15.0 Å². The smallest absolute Gasteiger partial charge is 0.320 e. The monoisotopic (exact) mass is 293 g/mol. The highest BCUT2D eigenvalue weighted by atomic mass is 16.5. The molecule has 0 aliphatic carbocycles. The van der Waals surface area contributed by atoms with E-state index in [0.717, 1.165) is 63.3 Å². The number of aliphatic carboxylic acids is 1. The molecule has 116 valence electrons. The lowest BCUT2D eigenvalue weighted by Crippen LogP contribution is -2.48. The van der Waals surface area contributed by atoms with Crippen LogP contribution in [-0.4, -0.2) is 57.8 Å². The second-order valence-electron chi connectivity index (χ2n) is 6.18. The Balaban J connectivity index is 1.52. The van der Waals surface area contributed by atoms with Crippen molar-refractivity contribution < 1.29 is 14.4 Å². The fraction of sp³-hybridized carbons (Fsp3) is 0.733. The molecule has 6 heteroatoms. The zero-order valence-electron chi connectivity index (χ0n) is 12.5. The minimum absolute atomic E-state index is 0.265. The topological polar surface area (TPSA) is 69.8 Å². The maximum atomic E-state index is 11.3. The summed E-state index contributed by atoms with van der Waals surface area (Å²) in [4.78, 5) is 15.9. The highest BCUT2D eigenvalue weighted by molar-refractivity contribution is 5.73. The standard InChI is InChI=1S/C15H23N3O3/c1-11-9-13(21-16-11)10-17-7-4-12(5-8-17)18-6-2-3-14(18)15(19)20/h9,12,14H,2-8,10H2,1H3,(H,19,20). The van der Waals surface area contributed by atoms with Crippen LogP contribution in [0.15, 0.2) is 10.6 Å². The van der Waals surface area contributed by atoms with E-state index in [1.807, 2.05) is 13.0 Å². The predicted octanol–water partition coefficient (Wildman–Crippen LogP) is 1.50. The van der Waals surface area contributed by atoms with Crippen LogP contribution in [0.25, 0.3) is 0 Å². The number of carboxylic acids is 1. The number of nitrogens with zero attached hydrogens (tertiary/aromatic N) is 3. The molecule has 0 spiro atoms. The van der Waals surface area contributed by atoms with E-state index in [2.05, 4.69) is 15.0 Å². The Morgan fingerprint density at radius 3 is 2.76 bits per heavy atom. The van der Waals surface area contributed by atoms with Gasteiger partial charge in [-0.1, -0.05) is 5.16 Å². The summed E-state index contributed by atoms with van der Waals surface area (Å²) in [5.74, 6) is 0.252. The van der Waals surface area contributed by atoms with Crippen LogP contribution in [0.2, 0.25) is 0 Å². The average Bonchev–Trinajstić information content (AvgIpc) is 3.09. The summed E-state index contributed by atoms with van der Waals surface area (Å²) >= 11 is 0. The van der Waals surface area contributed by atoms with Crippen LogP contribution in [0, 0.1) is 6.92 Å². The molecule has 0 bridgehead atoms. The highest BCUT2D eigenvalue weighted by Crippen LogP contribution is 2.26. The van der Waals surface area contributed by atoms with E-state index in [4.69, 9.17) is 4.52 Å². The number of likely N-dealkylation sites (tertiary alicyclic amines) is 2. The Kier molecular flexibility index (Phi) is 4.26. The zero-order chi connectivity index (χ0) is 14.8. The largest absolute Gasteiger partial charge is 0.480 e. The fourth-order valence-corrected chi connectivity index (χ4v) is 3.61. The number of carbonyl (C=O) groups is 1. The molecule has 1 aromatic rings. The number of rotatable bonds is 4. The van der Waals surface area contributed by atoms with Crippen LogP contribution in [0.3, 0.4) is 0 Å². The molecule has 2 aliphatic rings. The van der Waals surface area contributed by atoms with Crippen molar-refractivity contribution in [2.45, 2.75) is 51.2 Å². The normalized spacial score (nSPS) is 25.5. The van der Waals surface area contributed by atoms with E-state index in [-0.39, 0.29) is 6.04 Å². The van der Waals surface area contributed by atoms with Gasteiger partial charge in [0.05, 0.1) is 12.2 Å². The van der Waals surface area contributed by atoms with Crippen LogP contribution in [-0.2, 0) is 11.3 Å². The lowest BCUT2D eigenvalue weighted by atomic mass is 10.0. The number of piperidine rings is 1. The maximum absolute atomic E-state index is 11.3. The van der Waals surface area contributed by atoms with Crippen molar-refractivity contribution in [1.29, 1.82) is 0 Å². The van der Waals surface area contributed by atoms with Gasteiger partial charge in [-0.3, -0.25) is 14.6 Å². The van der Waals surface area contributed by atoms with Crippen LogP contribution in [0.1, 0.15) is 37.1 Å². The Bertz CT molecular complexity index is 494. The van der Waals surface area contributed by atoms with Crippen molar-refractivity contribution in [2.24, 2.45) is 0 Å². The second kappa shape index (κ2) is 6.15. The third-order valence-electron chi connectivity index (χ3n) is 4.66. The summed E-state index contributed by atoms with van der Waals surface area (Å²) in [7, 11) is 0. The molecule has 2 fully saturated rings. The Morgan fingerprint density at radius 1 is 1.38 bits per heavy atom. The van der Waals surface area contributed by atoms with Gasteiger partial charge in [0.15, 0.2) is 5.76 Å². The first kappa shape index (κ1) is 14.5. The molecule has 0 amide bonds. The van der Waals surface area contributed by atoms with Gasteiger partial charge in [-0.2, -0.15) is 0 Å². The molecule has 1 N–H and O–H groups in total. The summed E-state index contributed by atoms with van der Waals surface area (Å²) in [5, 5.41) is 13.2. The summed E-state index contributed by atoms with van der Waals surface area (Å²) in [6, 6.07) is 2.13. The SMILES string of the molecule is Cc1cc(CN2CCC(N3CCCC3C(=O)O)CC2)on1. The molecule has 6 nitrogen and oxygen atoms in total. The minimum atomic E-state index is -0.660. The second-order valence-corrected chi connectivity index (χ2v) is 6.18. The number of hydrogen-bond donors (Lipinski definition) is 1. The molecule has 0 saturated carbocycles. The summed E-state index contributed by atoms with van der Waals surface area (Å²) in [6.45, 7) is 5.65. The molecule has 1 atom stereocenters. The quantitative estimate of drug-likeness (QED) is 0.907. The van der Waals surface area contributed by atoms with Gasteiger partial charge in [-0.05, 0) is 39.2 Å². The molecular formula is C15H23N3O3. The Morgan fingerprint density at radius 2 is 2.14 bits per heavy atom. The highest BCUT2D eigenvalue weighted by Gasteiger charge is 2.36. The van der Waals surface area contributed by atoms with E-state index in [9.17, 15) is 9.90 Å². The van der Waals surface area contributed by atoms with Gasteiger partial charge in [-0.25, -0.2) is 0 Å². The van der Waals surface area contributed by atoms with Gasteiger partial charge >= 0.3 is 5.97 Å². The summed E-state index contributed by atoms with van der Waals surface area (Å²) in [5.41, 5.74) is 0.918. The molecule has 1 aromatic heterocycles. The maximum Gasteiger partial charge on any atom is 0.320 e. The molecule has 2 saturated heterocycles. The molecule has 0 radical (unpaired) electrons. The van der Waals surface area contributed by atoms with E-state index in [1.165, 1.54) is 0 Å². The first-order valence-electron chi connectivity index (χ1n) is 7.76. The van der Waals surface area contributed by atoms with Crippen LogP contribution < -0.4 is 0 Å². The third kappa shape index (κ3) is 3.27. The molecular weight excluding hydrogens is 270 g/mol. The van der Waals surface area contributed by atoms with Crippen LogP contribution >= 0.6 is 0 Å². The molecule has 0 aromatic carbocycles. The zero-order valence-corrected chi connectivity index (χ0v) is 12.5. The lowest BCUT2D eigenvalue weighted by molar-refractivity contribution is -0.143. The van der Waals surface area contributed by atoms with Gasteiger partial charge < -0.3 is 9.63 Å². The first-order chi connectivity index (χ1) is 10.1. The van der Waals surface area contributed by atoms with Gasteiger partial charge in [-0.15, -0.1) is 0 Å². The van der Waals surface area contributed by atoms with E-state index >= 15 is 0 Å². The van der Waals surface area contributed by atoms with Gasteiger partial charge in [0.1, 0.15) is 6.04 Å². The first-order valence-corrected chi connectivity index (χ1v) is 7.76. The van der Waals surface area contributed by atoms with Gasteiger partial charge in [0.2, 0.25) is 0 Å². The summed E-state index contributed by atoms with van der Waals surface area (Å²) < 4.78 is 5.26. The van der Waals surface area contributed by atoms with Crippen molar-refractivity contribution in [3.8, 4) is 0 Å². The molecule has 1 unspecified atom stereocenters. The summed E-state index contributed by atoms with van der Waals surface area (Å²) in [6.07, 6.45) is 3.88. The fourth-order valence-electron chi connectivity index (χ4n) is 3.61. The van der Waals surface area contributed by atoms with Crippen molar-refractivity contribution in [3.63, 3.8) is 0 Å². The van der Waals surface area contributed by atoms with Gasteiger partial charge in [0.25, 0.3) is 0 Å². The number of hydrogen-bond acceptors (Lipinski definition) is 5. The third-order valence-corrected chi connectivity index (χ3v) is 4.66. The van der Waals surface area contributed by atoms with Gasteiger partial charge in [0, 0.05) is 25.2 Å². The molecule has 21 heavy (non-hydrogen) atoms. The van der Waals surface area contributed by atoms with Crippen molar-refractivity contribution in [3.05, 3.63) is 17.5 Å². The van der Waals surface area contributed by atoms with E-state index in [0.29, 0.717) is 6.04 Å². The molecule has 3 rings (SSSR count). The average molecular weight is 293 g/mol. The van der Waals surface area contributed by atoms with Crippen molar-refractivity contribution in [2.75, 3.05) is 19.6 Å². The Hall–Kier alpha value is -1.40. The number of carboxylic acid groups (broad SMARTS) is 1.